The number of aliphatic hydroxyl groups is 1. The normalized spacial score (nSPS) is 14.3. The van der Waals surface area contributed by atoms with Crippen molar-refractivity contribution in [3.63, 3.8) is 0 Å². The highest BCUT2D eigenvalue weighted by Gasteiger charge is 2.30. The van der Waals surface area contributed by atoms with Gasteiger partial charge < -0.3 is 33.8 Å². The van der Waals surface area contributed by atoms with Gasteiger partial charge in [-0.2, -0.15) is 0 Å². The average Bonchev–Trinajstić information content (AvgIpc) is 1.17. The van der Waals surface area contributed by atoms with Gasteiger partial charge in [0, 0.05) is 25.7 Å². The molecule has 3 N–H and O–H groups in total. The van der Waals surface area contributed by atoms with E-state index >= 15 is 0 Å². The standard InChI is InChI=1S/C77H140O17P2/c1-5-9-13-17-21-25-29-32-33-34-35-36-37-40-43-46-50-54-58-62-75(80)88-68-73(94-77(82)64-60-56-52-48-44-39-31-27-23-19-15-11-7-3)70-92-96(85,86)90-66-71(78)65-89-95(83,84)91-69-72(93-76(81)63-59-55-51-47-41-28-24-20-16-12-8-4)67-87-74(79)61-57-53-49-45-42-38-30-26-22-18-14-10-6-2/h21,25-27,30-33,35-36,71-73,78H,5-20,22-24,28-29,34,37-70H2,1-4H3,(H,83,84)(H,85,86)/b25-21-,30-26-,31-27-,33-32-,36-35-. The lowest BCUT2D eigenvalue weighted by atomic mass is 10.1. The van der Waals surface area contributed by atoms with Crippen molar-refractivity contribution in [2.24, 2.45) is 0 Å². The van der Waals surface area contributed by atoms with Crippen LogP contribution in [0.1, 0.15) is 349 Å². The number of phosphoric ester groups is 2. The van der Waals surface area contributed by atoms with Gasteiger partial charge in [-0.3, -0.25) is 37.3 Å². The highest BCUT2D eigenvalue weighted by Crippen LogP contribution is 2.45. The van der Waals surface area contributed by atoms with Gasteiger partial charge in [-0.05, 0) is 116 Å². The molecule has 19 heteroatoms. The Kier molecular flexibility index (Phi) is 67.8. The first-order valence-corrected chi connectivity index (χ1v) is 41.5. The molecular weight excluding hydrogens is 1260 g/mol. The Morgan fingerprint density at radius 1 is 0.292 bits per heavy atom. The summed E-state index contributed by atoms with van der Waals surface area (Å²) < 4.78 is 68.4. The van der Waals surface area contributed by atoms with E-state index in [1.54, 1.807) is 0 Å². The molecule has 96 heavy (non-hydrogen) atoms. The molecule has 5 atom stereocenters. The van der Waals surface area contributed by atoms with E-state index in [2.05, 4.69) is 88.5 Å². The number of ether oxygens (including phenoxy) is 4. The van der Waals surface area contributed by atoms with Crippen LogP contribution >= 0.6 is 15.6 Å². The van der Waals surface area contributed by atoms with Gasteiger partial charge in [-0.25, -0.2) is 9.13 Å². The fourth-order valence-electron chi connectivity index (χ4n) is 10.5. The Hall–Kier alpha value is -3.24. The minimum absolute atomic E-state index is 0.0853. The topological polar surface area (TPSA) is 237 Å². The zero-order valence-electron chi connectivity index (χ0n) is 61.1. The molecule has 0 radical (unpaired) electrons. The Bertz CT molecular complexity index is 2060. The van der Waals surface area contributed by atoms with Crippen LogP contribution in [-0.4, -0.2) is 96.7 Å². The number of aliphatic hydroxyl groups excluding tert-OH is 1. The second-order valence-corrected chi connectivity index (χ2v) is 28.9. The number of unbranched alkanes of at least 4 members (excludes halogenated alkanes) is 37. The van der Waals surface area contributed by atoms with Crippen LogP contribution in [0.15, 0.2) is 60.8 Å². The minimum atomic E-state index is -4.97. The molecule has 560 valence electrons. The van der Waals surface area contributed by atoms with E-state index in [-0.39, 0.29) is 25.7 Å². The summed E-state index contributed by atoms with van der Waals surface area (Å²) >= 11 is 0. The van der Waals surface area contributed by atoms with E-state index < -0.39 is 97.5 Å². The smallest absolute Gasteiger partial charge is 0.462 e. The summed E-state index contributed by atoms with van der Waals surface area (Å²) in [6.07, 6.45) is 67.8. The summed E-state index contributed by atoms with van der Waals surface area (Å²) in [7, 11) is -9.93. The molecule has 17 nitrogen and oxygen atoms in total. The monoisotopic (exact) mass is 1400 g/mol. The summed E-state index contributed by atoms with van der Waals surface area (Å²) in [6.45, 7) is 4.82. The van der Waals surface area contributed by atoms with Crippen LogP contribution in [0.4, 0.5) is 0 Å². The van der Waals surface area contributed by atoms with Crippen LogP contribution in [0.25, 0.3) is 0 Å². The molecular formula is C77H140O17P2. The average molecular weight is 1400 g/mol. The van der Waals surface area contributed by atoms with E-state index in [1.165, 1.54) is 109 Å². The maximum atomic E-state index is 13.1. The van der Waals surface area contributed by atoms with Crippen molar-refractivity contribution in [3.8, 4) is 0 Å². The molecule has 0 saturated carbocycles. The number of allylic oxidation sites excluding steroid dienone is 10. The molecule has 0 aromatic rings. The number of esters is 4. The molecule has 0 aliphatic rings. The Labute approximate surface area is 584 Å². The highest BCUT2D eigenvalue weighted by molar-refractivity contribution is 7.47. The second kappa shape index (κ2) is 70.2. The van der Waals surface area contributed by atoms with Gasteiger partial charge in [0.1, 0.15) is 19.3 Å². The fraction of sp³-hybridized carbons (Fsp3) is 0.818. The van der Waals surface area contributed by atoms with Crippen molar-refractivity contribution < 1.29 is 80.2 Å². The van der Waals surface area contributed by atoms with Crippen molar-refractivity contribution in [1.82, 2.24) is 0 Å². The number of carbonyl (C=O) groups excluding carboxylic acids is 4. The van der Waals surface area contributed by atoms with Crippen LogP contribution in [-0.2, 0) is 65.4 Å². The number of rotatable bonds is 73. The van der Waals surface area contributed by atoms with Gasteiger partial charge in [0.15, 0.2) is 12.2 Å². The van der Waals surface area contributed by atoms with Crippen molar-refractivity contribution in [2.75, 3.05) is 39.6 Å². The first-order chi connectivity index (χ1) is 46.7. The van der Waals surface area contributed by atoms with E-state index in [0.29, 0.717) is 25.7 Å². The molecule has 0 fully saturated rings. The SMILES string of the molecule is CCCCC/C=C\C/C=C\C/C=C\CCCCCCCCC(=O)OCC(COP(=O)(O)OCC(O)COP(=O)(O)OCC(COC(=O)CCCCCCC/C=C\CCCCCC)OC(=O)CCCCCCCCCCCCC)OC(=O)CCCCCCC/C=C\CCCCCC. The van der Waals surface area contributed by atoms with Gasteiger partial charge in [0.2, 0.25) is 0 Å². The summed E-state index contributed by atoms with van der Waals surface area (Å²) in [5.41, 5.74) is 0. The Morgan fingerprint density at radius 2 is 0.510 bits per heavy atom. The molecule has 0 aliphatic heterocycles. The third-order valence-electron chi connectivity index (χ3n) is 16.5. The summed E-state index contributed by atoms with van der Waals surface area (Å²) in [5, 5.41) is 10.6. The third kappa shape index (κ3) is 69.2. The van der Waals surface area contributed by atoms with Crippen LogP contribution < -0.4 is 0 Å². The predicted molar refractivity (Wildman–Crippen MR) is 390 cm³/mol. The maximum absolute atomic E-state index is 13.1. The molecule has 0 aliphatic carbocycles. The van der Waals surface area contributed by atoms with Gasteiger partial charge in [0.05, 0.1) is 26.4 Å². The van der Waals surface area contributed by atoms with Crippen LogP contribution in [0.2, 0.25) is 0 Å². The molecule has 0 aromatic heterocycles. The molecule has 0 aromatic carbocycles. The van der Waals surface area contributed by atoms with E-state index in [9.17, 15) is 43.2 Å². The predicted octanol–water partition coefficient (Wildman–Crippen LogP) is 21.9. The molecule has 0 bridgehead atoms. The number of hydrogen-bond donors (Lipinski definition) is 3. The minimum Gasteiger partial charge on any atom is -0.462 e. The van der Waals surface area contributed by atoms with Gasteiger partial charge in [0.25, 0.3) is 0 Å². The lowest BCUT2D eigenvalue weighted by molar-refractivity contribution is -0.161. The van der Waals surface area contributed by atoms with Crippen molar-refractivity contribution in [3.05, 3.63) is 60.8 Å². The molecule has 0 spiro atoms. The first kappa shape index (κ1) is 92.8. The molecule has 0 rings (SSSR count). The number of hydrogen-bond acceptors (Lipinski definition) is 15. The van der Waals surface area contributed by atoms with Crippen LogP contribution in [0, 0.1) is 0 Å². The maximum Gasteiger partial charge on any atom is 0.472 e. The van der Waals surface area contributed by atoms with Gasteiger partial charge in [-0.1, -0.05) is 268 Å². The van der Waals surface area contributed by atoms with Gasteiger partial charge in [-0.15, -0.1) is 0 Å². The van der Waals surface area contributed by atoms with E-state index in [1.807, 2.05) is 0 Å². The van der Waals surface area contributed by atoms with Crippen LogP contribution in [0.3, 0.4) is 0 Å². The molecule has 0 heterocycles. The Balaban J connectivity index is 5.29. The third-order valence-corrected chi connectivity index (χ3v) is 18.4. The summed E-state index contributed by atoms with van der Waals surface area (Å²) in [5.74, 6) is -2.18. The first-order valence-electron chi connectivity index (χ1n) is 38.5. The zero-order chi connectivity index (χ0) is 70.4. The zero-order valence-corrected chi connectivity index (χ0v) is 62.8. The molecule has 5 unspecified atom stereocenters. The summed E-state index contributed by atoms with van der Waals surface area (Å²) in [4.78, 5) is 72.8. The van der Waals surface area contributed by atoms with E-state index in [0.717, 1.165) is 161 Å². The lowest BCUT2D eigenvalue weighted by Crippen LogP contribution is -2.30. The number of carbonyl (C=O) groups is 4. The van der Waals surface area contributed by atoms with Crippen molar-refractivity contribution in [2.45, 2.75) is 367 Å². The number of phosphoric acid groups is 2. The van der Waals surface area contributed by atoms with Gasteiger partial charge >= 0.3 is 39.5 Å². The fourth-order valence-corrected chi connectivity index (χ4v) is 12.1. The highest BCUT2D eigenvalue weighted by atomic mass is 31.2. The largest absolute Gasteiger partial charge is 0.472 e. The second-order valence-electron chi connectivity index (χ2n) is 25.9. The quantitative estimate of drug-likeness (QED) is 0.0169. The summed E-state index contributed by atoms with van der Waals surface area (Å²) in [6, 6.07) is 0. The molecule has 0 saturated heterocycles. The van der Waals surface area contributed by atoms with Crippen molar-refractivity contribution in [1.29, 1.82) is 0 Å². The van der Waals surface area contributed by atoms with E-state index in [4.69, 9.17) is 37.0 Å². The van der Waals surface area contributed by atoms with Crippen LogP contribution in [0.5, 0.6) is 0 Å². The Morgan fingerprint density at radius 3 is 0.823 bits per heavy atom. The molecule has 0 amide bonds. The lowest BCUT2D eigenvalue weighted by Gasteiger charge is -2.21. The van der Waals surface area contributed by atoms with Crippen molar-refractivity contribution >= 4 is 39.5 Å².